The molecule has 1 aliphatic carbocycles. The van der Waals surface area contributed by atoms with Crippen molar-refractivity contribution < 1.29 is 4.52 Å². The van der Waals surface area contributed by atoms with Crippen LogP contribution in [0.3, 0.4) is 0 Å². The predicted octanol–water partition coefficient (Wildman–Crippen LogP) is 3.30. The van der Waals surface area contributed by atoms with E-state index in [1.165, 1.54) is 11.3 Å². The number of rotatable bonds is 2. The Bertz CT molecular complexity index is 1070. The minimum Gasteiger partial charge on any atom is -0.333 e. The number of thiophene rings is 1. The summed E-state index contributed by atoms with van der Waals surface area (Å²) in [5.41, 5.74) is 6.77. The number of aromatic nitrogens is 4. The molecule has 1 fully saturated rings. The number of hydrogen-bond acceptors (Lipinski definition) is 7. The predicted molar refractivity (Wildman–Crippen MR) is 106 cm³/mol. The Balaban J connectivity index is 0.00000180. The summed E-state index contributed by atoms with van der Waals surface area (Å²) >= 11 is 1.46. The zero-order valence-corrected chi connectivity index (χ0v) is 16.8. The summed E-state index contributed by atoms with van der Waals surface area (Å²) in [6, 6.07) is 0. The molecular weight excluding hydrogens is 386 g/mol. The van der Waals surface area contributed by atoms with Crippen LogP contribution in [0.25, 0.3) is 21.0 Å². The third-order valence-electron chi connectivity index (χ3n) is 5.72. The van der Waals surface area contributed by atoms with E-state index >= 15 is 0 Å². The van der Waals surface area contributed by atoms with E-state index in [9.17, 15) is 4.79 Å². The molecule has 0 amide bonds. The number of nitrogens with two attached hydrogens (primary N) is 1. The highest BCUT2D eigenvalue weighted by molar-refractivity contribution is 7.22. The number of hydrogen-bond donors (Lipinski definition) is 1. The Kier molecular flexibility index (Phi) is 4.60. The molecule has 2 N–H and O–H groups in total. The average Bonchev–Trinajstić information content (AvgIpc) is 3.12. The molecule has 1 aliphatic heterocycles. The van der Waals surface area contributed by atoms with Gasteiger partial charge in [-0.1, -0.05) is 11.6 Å². The maximum absolute atomic E-state index is 13.1. The van der Waals surface area contributed by atoms with E-state index in [1.807, 2.05) is 11.5 Å². The number of nitrogens with zero attached hydrogens (tertiary/aromatic N) is 4. The molecule has 7 nitrogen and oxygen atoms in total. The van der Waals surface area contributed by atoms with Crippen molar-refractivity contribution in [3.05, 3.63) is 27.6 Å². The lowest BCUT2D eigenvalue weighted by Gasteiger charge is -2.34. The van der Waals surface area contributed by atoms with E-state index in [0.717, 1.165) is 72.6 Å². The van der Waals surface area contributed by atoms with Gasteiger partial charge in [0.05, 0.1) is 15.8 Å². The second kappa shape index (κ2) is 6.68. The SMILES string of the molecule is Cc1c(-c2nc(C3(N)CCC3)no2)sc2nc3n(c(=O)c12)CCCCC3.Cl. The maximum Gasteiger partial charge on any atom is 0.268 e. The molecule has 0 bridgehead atoms. The molecule has 0 unspecified atom stereocenters. The highest BCUT2D eigenvalue weighted by atomic mass is 35.5. The van der Waals surface area contributed by atoms with E-state index < -0.39 is 5.54 Å². The first-order valence-corrected chi connectivity index (χ1v) is 10.0. The normalized spacial score (nSPS) is 18.4. The Labute approximate surface area is 166 Å². The van der Waals surface area contributed by atoms with Crippen LogP contribution in [0.5, 0.6) is 0 Å². The van der Waals surface area contributed by atoms with E-state index in [-0.39, 0.29) is 18.0 Å². The van der Waals surface area contributed by atoms with Gasteiger partial charge in [0.15, 0.2) is 5.82 Å². The Hall–Kier alpha value is -1.77. The molecule has 0 saturated heterocycles. The van der Waals surface area contributed by atoms with Crippen molar-refractivity contribution in [2.45, 2.75) is 64.0 Å². The van der Waals surface area contributed by atoms with Gasteiger partial charge in [-0.05, 0) is 44.6 Å². The van der Waals surface area contributed by atoms with Crippen LogP contribution in [-0.2, 0) is 18.5 Å². The summed E-state index contributed by atoms with van der Waals surface area (Å²) in [7, 11) is 0. The maximum atomic E-state index is 13.1. The minimum absolute atomic E-state index is 0. The Morgan fingerprint density at radius 2 is 2.00 bits per heavy atom. The fourth-order valence-electron chi connectivity index (χ4n) is 3.91. The topological polar surface area (TPSA) is 99.8 Å². The van der Waals surface area contributed by atoms with Crippen LogP contribution in [-0.4, -0.2) is 19.7 Å². The van der Waals surface area contributed by atoms with Crippen LogP contribution in [0.4, 0.5) is 0 Å². The Morgan fingerprint density at radius 1 is 1.19 bits per heavy atom. The molecule has 3 aromatic heterocycles. The third kappa shape index (κ3) is 2.81. The van der Waals surface area contributed by atoms with Gasteiger partial charge in [-0.15, -0.1) is 23.7 Å². The Morgan fingerprint density at radius 3 is 2.74 bits per heavy atom. The lowest BCUT2D eigenvalue weighted by molar-refractivity contribution is 0.229. The molecule has 4 heterocycles. The number of aryl methyl sites for hydroxylation is 2. The van der Waals surface area contributed by atoms with Gasteiger partial charge in [0.1, 0.15) is 10.7 Å². The van der Waals surface area contributed by atoms with Crippen LogP contribution in [0, 0.1) is 6.92 Å². The summed E-state index contributed by atoms with van der Waals surface area (Å²) < 4.78 is 7.35. The molecule has 3 aromatic rings. The van der Waals surface area contributed by atoms with Gasteiger partial charge in [0.2, 0.25) is 0 Å². The molecule has 1 saturated carbocycles. The second-order valence-electron chi connectivity index (χ2n) is 7.46. The fourth-order valence-corrected chi connectivity index (χ4v) is 5.03. The van der Waals surface area contributed by atoms with Crippen molar-refractivity contribution in [3.63, 3.8) is 0 Å². The summed E-state index contributed by atoms with van der Waals surface area (Å²) in [4.78, 5) is 24.0. The zero-order chi connectivity index (χ0) is 17.9. The van der Waals surface area contributed by atoms with Crippen LogP contribution < -0.4 is 11.3 Å². The quantitative estimate of drug-likeness (QED) is 0.699. The summed E-state index contributed by atoms with van der Waals surface area (Å²) in [6.45, 7) is 2.69. The van der Waals surface area contributed by atoms with Crippen molar-refractivity contribution in [2.24, 2.45) is 5.73 Å². The lowest BCUT2D eigenvalue weighted by atomic mass is 9.77. The molecule has 9 heteroatoms. The molecule has 5 rings (SSSR count). The number of halogens is 1. The van der Waals surface area contributed by atoms with Crippen molar-refractivity contribution >= 4 is 34.0 Å². The molecule has 144 valence electrons. The summed E-state index contributed by atoms with van der Waals surface area (Å²) in [5.74, 6) is 1.90. The first-order valence-electron chi connectivity index (χ1n) is 9.23. The standard InChI is InChI=1S/C18H21N5O2S.ClH/c1-10-12-15(20-11-6-3-2-4-9-23(11)16(12)24)26-13(10)14-21-17(22-25-14)18(19)7-5-8-18;/h2-9,19H2,1H3;1H. The van der Waals surface area contributed by atoms with E-state index in [1.54, 1.807) is 0 Å². The highest BCUT2D eigenvalue weighted by Gasteiger charge is 2.39. The van der Waals surface area contributed by atoms with Crippen molar-refractivity contribution in [1.29, 1.82) is 0 Å². The van der Waals surface area contributed by atoms with Crippen LogP contribution in [0.15, 0.2) is 9.32 Å². The monoisotopic (exact) mass is 407 g/mol. The first-order chi connectivity index (χ1) is 12.6. The van der Waals surface area contributed by atoms with Crippen LogP contribution in [0.2, 0.25) is 0 Å². The second-order valence-corrected chi connectivity index (χ2v) is 8.46. The number of fused-ring (bicyclic) bond motifs is 2. The van der Waals surface area contributed by atoms with Crippen molar-refractivity contribution in [3.8, 4) is 10.8 Å². The fraction of sp³-hybridized carbons (Fsp3) is 0.556. The molecule has 0 spiro atoms. The van der Waals surface area contributed by atoms with Crippen LogP contribution >= 0.6 is 23.7 Å². The van der Waals surface area contributed by atoms with Gasteiger partial charge in [-0.2, -0.15) is 4.98 Å². The molecular formula is C18H22ClN5O2S. The van der Waals surface area contributed by atoms with Gasteiger partial charge in [-0.3, -0.25) is 9.36 Å². The van der Waals surface area contributed by atoms with E-state index in [0.29, 0.717) is 17.1 Å². The average molecular weight is 408 g/mol. The van der Waals surface area contributed by atoms with Gasteiger partial charge >= 0.3 is 0 Å². The molecule has 0 atom stereocenters. The van der Waals surface area contributed by atoms with E-state index in [2.05, 4.69) is 10.1 Å². The summed E-state index contributed by atoms with van der Waals surface area (Å²) in [6.07, 6.45) is 6.97. The molecule has 0 radical (unpaired) electrons. The zero-order valence-electron chi connectivity index (χ0n) is 15.2. The first kappa shape index (κ1) is 18.6. The van der Waals surface area contributed by atoms with Gasteiger partial charge in [-0.25, -0.2) is 4.98 Å². The van der Waals surface area contributed by atoms with Gasteiger partial charge in [0, 0.05) is 13.0 Å². The lowest BCUT2D eigenvalue weighted by Crippen LogP contribution is -2.44. The van der Waals surface area contributed by atoms with Crippen LogP contribution in [0.1, 0.15) is 55.7 Å². The third-order valence-corrected chi connectivity index (χ3v) is 6.90. The van der Waals surface area contributed by atoms with E-state index in [4.69, 9.17) is 15.2 Å². The van der Waals surface area contributed by atoms with Crippen molar-refractivity contribution in [2.75, 3.05) is 0 Å². The highest BCUT2D eigenvalue weighted by Crippen LogP contribution is 2.40. The van der Waals surface area contributed by atoms with Crippen molar-refractivity contribution in [1.82, 2.24) is 19.7 Å². The minimum atomic E-state index is -0.457. The molecule has 0 aromatic carbocycles. The van der Waals surface area contributed by atoms with Gasteiger partial charge < -0.3 is 10.3 Å². The molecule has 2 aliphatic rings. The largest absolute Gasteiger partial charge is 0.333 e. The molecule has 27 heavy (non-hydrogen) atoms. The smallest absolute Gasteiger partial charge is 0.268 e. The van der Waals surface area contributed by atoms with Gasteiger partial charge in [0.25, 0.3) is 11.4 Å². The summed E-state index contributed by atoms with van der Waals surface area (Å²) in [5, 5.41) is 4.78.